The summed E-state index contributed by atoms with van der Waals surface area (Å²) < 4.78 is 4.68. The molecule has 0 amide bonds. The largest absolute Gasteiger partial charge is 0.463 e. The summed E-state index contributed by atoms with van der Waals surface area (Å²) in [5.74, 6) is -0.495. The van der Waals surface area contributed by atoms with Gasteiger partial charge in [-0.1, -0.05) is 17.7 Å². The van der Waals surface area contributed by atoms with Crippen molar-refractivity contribution in [2.45, 2.75) is 6.92 Å². The van der Waals surface area contributed by atoms with E-state index in [0.29, 0.717) is 5.56 Å². The van der Waals surface area contributed by atoms with Crippen molar-refractivity contribution in [1.82, 2.24) is 0 Å². The summed E-state index contributed by atoms with van der Waals surface area (Å²) in [6.45, 7) is 1.98. The summed E-state index contributed by atoms with van der Waals surface area (Å²) in [6, 6.07) is 4.27. The number of benzene rings is 1. The molecule has 17 heavy (non-hydrogen) atoms. The number of carbonyl (C=O) groups is 1. The van der Waals surface area contributed by atoms with E-state index in [1.807, 2.05) is 0 Å². The molecule has 0 aliphatic carbocycles. The minimum Gasteiger partial charge on any atom is -0.463 e. The highest BCUT2D eigenvalue weighted by Gasteiger charge is 2.11. The number of hydrogen-bond donors (Lipinski definition) is 0. The fraction of sp³-hybridized carbons (Fsp3) is 0.182. The van der Waals surface area contributed by atoms with Gasteiger partial charge in [-0.05, 0) is 24.6 Å². The van der Waals surface area contributed by atoms with Gasteiger partial charge in [-0.3, -0.25) is 10.1 Å². The molecular formula is C11H10ClNO4. The number of ether oxygens (including phenoxy) is 1. The molecule has 0 heterocycles. The topological polar surface area (TPSA) is 69.4 Å². The first kappa shape index (κ1) is 13.2. The van der Waals surface area contributed by atoms with Crippen LogP contribution in [0.4, 0.5) is 5.69 Å². The van der Waals surface area contributed by atoms with Crippen molar-refractivity contribution in [1.29, 1.82) is 0 Å². The van der Waals surface area contributed by atoms with E-state index in [4.69, 9.17) is 11.6 Å². The van der Waals surface area contributed by atoms with Crippen LogP contribution in [0.15, 0.2) is 24.3 Å². The van der Waals surface area contributed by atoms with Crippen LogP contribution < -0.4 is 0 Å². The van der Waals surface area contributed by atoms with Crippen molar-refractivity contribution in [2.75, 3.05) is 6.61 Å². The zero-order valence-electron chi connectivity index (χ0n) is 9.05. The maximum absolute atomic E-state index is 11.0. The van der Waals surface area contributed by atoms with Crippen LogP contribution in [0, 0.1) is 10.1 Å². The van der Waals surface area contributed by atoms with Crippen LogP contribution in [0.5, 0.6) is 0 Å². The Hall–Kier alpha value is -1.88. The molecule has 0 aliphatic heterocycles. The molecule has 0 radical (unpaired) electrons. The number of esters is 1. The fourth-order valence-electron chi connectivity index (χ4n) is 1.13. The first-order chi connectivity index (χ1) is 8.04. The maximum Gasteiger partial charge on any atom is 0.330 e. The van der Waals surface area contributed by atoms with Gasteiger partial charge in [-0.15, -0.1) is 0 Å². The third-order valence-corrected chi connectivity index (χ3v) is 2.18. The Bertz CT molecular complexity index is 471. The molecule has 1 aromatic carbocycles. The van der Waals surface area contributed by atoms with E-state index in [-0.39, 0.29) is 17.3 Å². The molecule has 0 fully saturated rings. The van der Waals surface area contributed by atoms with Crippen LogP contribution in [0.3, 0.4) is 0 Å². The quantitative estimate of drug-likeness (QED) is 0.359. The van der Waals surface area contributed by atoms with Gasteiger partial charge < -0.3 is 4.74 Å². The van der Waals surface area contributed by atoms with Gasteiger partial charge in [0.1, 0.15) is 5.02 Å². The molecule has 0 N–H and O–H groups in total. The van der Waals surface area contributed by atoms with Crippen LogP contribution in [0.25, 0.3) is 6.08 Å². The summed E-state index contributed by atoms with van der Waals surface area (Å²) in [6.07, 6.45) is 2.64. The van der Waals surface area contributed by atoms with Crippen molar-refractivity contribution in [2.24, 2.45) is 0 Å². The average molecular weight is 256 g/mol. The lowest BCUT2D eigenvalue weighted by Crippen LogP contribution is -1.98. The highest BCUT2D eigenvalue weighted by molar-refractivity contribution is 6.32. The van der Waals surface area contributed by atoms with Gasteiger partial charge in [0.05, 0.1) is 11.5 Å². The first-order valence-electron chi connectivity index (χ1n) is 4.83. The average Bonchev–Trinajstić information content (AvgIpc) is 2.28. The Balaban J connectivity index is 2.89. The second-order valence-electron chi connectivity index (χ2n) is 3.05. The number of carbonyl (C=O) groups excluding carboxylic acids is 1. The first-order valence-corrected chi connectivity index (χ1v) is 5.21. The molecule has 0 atom stereocenters. The van der Waals surface area contributed by atoms with Gasteiger partial charge >= 0.3 is 5.97 Å². The summed E-state index contributed by atoms with van der Waals surface area (Å²) in [4.78, 5) is 21.1. The van der Waals surface area contributed by atoms with E-state index in [1.165, 1.54) is 24.3 Å². The molecule has 0 aliphatic rings. The minimum absolute atomic E-state index is 0.0586. The Kier molecular flexibility index (Phi) is 4.66. The highest BCUT2D eigenvalue weighted by atomic mass is 35.5. The molecule has 1 rings (SSSR count). The molecule has 0 unspecified atom stereocenters. The lowest BCUT2D eigenvalue weighted by molar-refractivity contribution is -0.384. The Morgan fingerprint density at radius 1 is 1.59 bits per heavy atom. The van der Waals surface area contributed by atoms with Gasteiger partial charge in [0.25, 0.3) is 5.69 Å². The lowest BCUT2D eigenvalue weighted by atomic mass is 10.2. The Morgan fingerprint density at radius 3 is 2.88 bits per heavy atom. The van der Waals surface area contributed by atoms with E-state index in [1.54, 1.807) is 13.0 Å². The molecule has 0 spiro atoms. The second kappa shape index (κ2) is 6.00. The number of nitro benzene ring substituents is 1. The number of hydrogen-bond acceptors (Lipinski definition) is 4. The van der Waals surface area contributed by atoms with Gasteiger partial charge in [0, 0.05) is 12.1 Å². The smallest absolute Gasteiger partial charge is 0.330 e. The fourth-order valence-corrected chi connectivity index (χ4v) is 1.31. The summed E-state index contributed by atoms with van der Waals surface area (Å²) in [7, 11) is 0. The van der Waals surface area contributed by atoms with Crippen molar-refractivity contribution < 1.29 is 14.5 Å². The van der Waals surface area contributed by atoms with Gasteiger partial charge in [-0.25, -0.2) is 4.79 Å². The predicted molar refractivity (Wildman–Crippen MR) is 63.8 cm³/mol. The molecule has 0 saturated carbocycles. The zero-order valence-corrected chi connectivity index (χ0v) is 9.81. The van der Waals surface area contributed by atoms with Gasteiger partial charge in [0.15, 0.2) is 0 Å². The summed E-state index contributed by atoms with van der Waals surface area (Å²) in [5, 5.41) is 10.7. The SMILES string of the molecule is CCOC(=O)/C=C/c1ccc(Cl)c([N+](=O)[O-])c1. The van der Waals surface area contributed by atoms with E-state index < -0.39 is 10.9 Å². The summed E-state index contributed by atoms with van der Waals surface area (Å²) >= 11 is 5.65. The second-order valence-corrected chi connectivity index (χ2v) is 3.46. The normalized spacial score (nSPS) is 10.5. The van der Waals surface area contributed by atoms with Gasteiger partial charge in [0.2, 0.25) is 0 Å². The van der Waals surface area contributed by atoms with E-state index >= 15 is 0 Å². The zero-order chi connectivity index (χ0) is 12.8. The number of nitro groups is 1. The van der Waals surface area contributed by atoms with Gasteiger partial charge in [-0.2, -0.15) is 0 Å². The van der Waals surface area contributed by atoms with Crippen molar-refractivity contribution in [3.05, 3.63) is 45.0 Å². The van der Waals surface area contributed by atoms with Crippen molar-refractivity contribution >= 4 is 29.3 Å². The Labute approximate surface area is 103 Å². The van der Waals surface area contributed by atoms with Crippen LogP contribution in [-0.4, -0.2) is 17.5 Å². The van der Waals surface area contributed by atoms with Crippen molar-refractivity contribution in [3.63, 3.8) is 0 Å². The standard InChI is InChI=1S/C11H10ClNO4/c1-2-17-11(14)6-4-8-3-5-9(12)10(7-8)13(15)16/h3-7H,2H2,1H3/b6-4+. The Morgan fingerprint density at radius 2 is 2.29 bits per heavy atom. The third-order valence-electron chi connectivity index (χ3n) is 1.87. The van der Waals surface area contributed by atoms with Crippen LogP contribution >= 0.6 is 11.6 Å². The number of nitrogens with zero attached hydrogens (tertiary/aromatic N) is 1. The van der Waals surface area contributed by atoms with Crippen LogP contribution in [0.1, 0.15) is 12.5 Å². The van der Waals surface area contributed by atoms with Crippen molar-refractivity contribution in [3.8, 4) is 0 Å². The molecule has 90 valence electrons. The molecule has 6 heteroatoms. The molecule has 1 aromatic rings. The summed E-state index contributed by atoms with van der Waals surface area (Å²) in [5.41, 5.74) is 0.312. The van der Waals surface area contributed by atoms with Crippen LogP contribution in [0.2, 0.25) is 5.02 Å². The van der Waals surface area contributed by atoms with E-state index in [9.17, 15) is 14.9 Å². The minimum atomic E-state index is -0.579. The van der Waals surface area contributed by atoms with Crippen LogP contribution in [-0.2, 0) is 9.53 Å². The number of halogens is 1. The lowest BCUT2D eigenvalue weighted by Gasteiger charge is -1.97. The monoisotopic (exact) mass is 255 g/mol. The highest BCUT2D eigenvalue weighted by Crippen LogP contribution is 2.25. The third kappa shape index (κ3) is 3.88. The van der Waals surface area contributed by atoms with E-state index in [2.05, 4.69) is 4.74 Å². The molecule has 0 bridgehead atoms. The molecular weight excluding hydrogens is 246 g/mol. The number of rotatable bonds is 4. The molecule has 0 saturated heterocycles. The predicted octanol–water partition coefficient (Wildman–Crippen LogP) is 2.82. The maximum atomic E-state index is 11.0. The molecule has 0 aromatic heterocycles. The molecule has 5 nitrogen and oxygen atoms in total. The van der Waals surface area contributed by atoms with E-state index in [0.717, 1.165) is 0 Å².